The van der Waals surface area contributed by atoms with Gasteiger partial charge in [0.25, 0.3) is 5.56 Å². The average Bonchev–Trinajstić information content (AvgIpc) is 2.88. The molecule has 0 fully saturated rings. The van der Waals surface area contributed by atoms with E-state index in [4.69, 9.17) is 4.98 Å². The number of aromatic nitrogens is 2. The van der Waals surface area contributed by atoms with Crippen molar-refractivity contribution in [3.8, 4) is 0 Å². The second-order valence-electron chi connectivity index (χ2n) is 8.78. The van der Waals surface area contributed by atoms with Crippen LogP contribution < -0.4 is 5.56 Å². The van der Waals surface area contributed by atoms with E-state index < -0.39 is 17.5 Å². The number of hydrogen-bond donors (Lipinski definition) is 0. The standard InChI is InChI=1S/C28H24F3N3O/c1-18-32-24-14-15-33(16-21-12-13-23(29)26(31)25(21)30)17-22(24)28(35)34(18)27(19-8-4-2-5-9-19)20-10-6-3-7-11-20/h2-13,27H,14-17H2,1H3. The number of benzene rings is 3. The largest absolute Gasteiger partial charge is 0.294 e. The van der Waals surface area contributed by atoms with Crippen molar-refractivity contribution in [2.45, 2.75) is 32.5 Å². The fraction of sp³-hybridized carbons (Fsp3) is 0.214. The minimum atomic E-state index is -1.48. The highest BCUT2D eigenvalue weighted by Crippen LogP contribution is 2.28. The Morgan fingerprint density at radius 1 is 0.886 bits per heavy atom. The Labute approximate surface area is 201 Å². The molecule has 4 aromatic rings. The number of rotatable bonds is 5. The van der Waals surface area contributed by atoms with E-state index in [0.717, 1.165) is 22.9 Å². The van der Waals surface area contributed by atoms with Gasteiger partial charge in [0, 0.05) is 31.6 Å². The van der Waals surface area contributed by atoms with Gasteiger partial charge in [0.05, 0.1) is 17.3 Å². The van der Waals surface area contributed by atoms with Gasteiger partial charge in [0.1, 0.15) is 5.82 Å². The van der Waals surface area contributed by atoms with Gasteiger partial charge in [0.2, 0.25) is 0 Å². The van der Waals surface area contributed by atoms with Crippen molar-refractivity contribution in [3.05, 3.63) is 134 Å². The smallest absolute Gasteiger partial charge is 0.259 e. The highest BCUT2D eigenvalue weighted by molar-refractivity contribution is 5.35. The van der Waals surface area contributed by atoms with Crippen molar-refractivity contribution in [1.82, 2.24) is 14.5 Å². The number of hydrogen-bond acceptors (Lipinski definition) is 3. The van der Waals surface area contributed by atoms with Crippen LogP contribution in [-0.4, -0.2) is 21.0 Å². The molecule has 1 aliphatic heterocycles. The van der Waals surface area contributed by atoms with E-state index in [2.05, 4.69) is 0 Å². The van der Waals surface area contributed by atoms with E-state index in [1.807, 2.05) is 72.5 Å². The van der Waals surface area contributed by atoms with Gasteiger partial charge in [-0.3, -0.25) is 14.3 Å². The van der Waals surface area contributed by atoms with Crippen LogP contribution >= 0.6 is 0 Å². The fourth-order valence-corrected chi connectivity index (χ4v) is 4.79. The maximum atomic E-state index is 14.3. The van der Waals surface area contributed by atoms with E-state index in [0.29, 0.717) is 24.4 Å². The summed E-state index contributed by atoms with van der Waals surface area (Å²) in [7, 11) is 0. The molecule has 3 aromatic carbocycles. The van der Waals surface area contributed by atoms with E-state index in [1.165, 1.54) is 6.07 Å². The highest BCUT2D eigenvalue weighted by atomic mass is 19.2. The Bertz CT molecular complexity index is 1380. The molecule has 0 aliphatic carbocycles. The van der Waals surface area contributed by atoms with Crippen LogP contribution in [0, 0.1) is 24.4 Å². The van der Waals surface area contributed by atoms with Gasteiger partial charge in [-0.2, -0.15) is 0 Å². The van der Waals surface area contributed by atoms with Crippen LogP contribution in [0.1, 0.15) is 39.8 Å². The molecular weight excluding hydrogens is 451 g/mol. The van der Waals surface area contributed by atoms with Gasteiger partial charge >= 0.3 is 0 Å². The van der Waals surface area contributed by atoms with Crippen LogP contribution in [0.25, 0.3) is 0 Å². The molecule has 0 amide bonds. The quantitative estimate of drug-likeness (QED) is 0.374. The molecule has 7 heteroatoms. The van der Waals surface area contributed by atoms with Crippen molar-refractivity contribution in [2.24, 2.45) is 0 Å². The molecule has 0 spiro atoms. The van der Waals surface area contributed by atoms with E-state index in [-0.39, 0.29) is 30.3 Å². The summed E-state index contributed by atoms with van der Waals surface area (Å²) in [5.41, 5.74) is 3.09. The van der Waals surface area contributed by atoms with E-state index in [9.17, 15) is 18.0 Å². The number of aryl methyl sites for hydroxylation is 1. The Hall–Kier alpha value is -3.71. The van der Waals surface area contributed by atoms with Crippen LogP contribution in [0.4, 0.5) is 13.2 Å². The zero-order valence-electron chi connectivity index (χ0n) is 19.2. The molecule has 0 N–H and O–H groups in total. The molecule has 1 aliphatic rings. The summed E-state index contributed by atoms with van der Waals surface area (Å²) in [6.45, 7) is 2.68. The first-order valence-electron chi connectivity index (χ1n) is 11.5. The first-order valence-corrected chi connectivity index (χ1v) is 11.5. The fourth-order valence-electron chi connectivity index (χ4n) is 4.79. The van der Waals surface area contributed by atoms with Gasteiger partial charge in [-0.15, -0.1) is 0 Å². The first-order chi connectivity index (χ1) is 16.9. The number of nitrogens with zero attached hydrogens (tertiary/aromatic N) is 3. The summed E-state index contributed by atoms with van der Waals surface area (Å²) >= 11 is 0. The second-order valence-corrected chi connectivity index (χ2v) is 8.78. The third-order valence-electron chi connectivity index (χ3n) is 6.52. The molecule has 5 rings (SSSR count). The number of fused-ring (bicyclic) bond motifs is 1. The second kappa shape index (κ2) is 9.50. The molecule has 178 valence electrons. The molecular formula is C28H24F3N3O. The van der Waals surface area contributed by atoms with Gasteiger partial charge in [0.15, 0.2) is 17.5 Å². The van der Waals surface area contributed by atoms with Gasteiger partial charge in [-0.1, -0.05) is 66.7 Å². The van der Waals surface area contributed by atoms with Gasteiger partial charge in [-0.25, -0.2) is 18.2 Å². The Morgan fingerprint density at radius 2 is 1.51 bits per heavy atom. The third kappa shape index (κ3) is 4.39. The van der Waals surface area contributed by atoms with Crippen LogP contribution in [-0.2, 0) is 19.5 Å². The van der Waals surface area contributed by atoms with Crippen LogP contribution in [0.15, 0.2) is 77.6 Å². The SMILES string of the molecule is Cc1nc2c(c(=O)n1C(c1ccccc1)c1ccccc1)CN(Cc1ccc(F)c(F)c1F)CC2. The van der Waals surface area contributed by atoms with Crippen molar-refractivity contribution in [2.75, 3.05) is 6.54 Å². The maximum Gasteiger partial charge on any atom is 0.259 e. The van der Waals surface area contributed by atoms with E-state index in [1.54, 1.807) is 4.57 Å². The molecule has 0 saturated carbocycles. The van der Waals surface area contributed by atoms with Crippen molar-refractivity contribution < 1.29 is 13.2 Å². The zero-order valence-corrected chi connectivity index (χ0v) is 19.2. The normalized spacial score (nSPS) is 13.7. The molecule has 0 bridgehead atoms. The molecule has 4 nitrogen and oxygen atoms in total. The van der Waals surface area contributed by atoms with Crippen LogP contribution in [0.3, 0.4) is 0 Å². The lowest BCUT2D eigenvalue weighted by Gasteiger charge is -2.30. The Kier molecular flexibility index (Phi) is 6.26. The predicted molar refractivity (Wildman–Crippen MR) is 127 cm³/mol. The van der Waals surface area contributed by atoms with E-state index >= 15 is 0 Å². The van der Waals surface area contributed by atoms with Gasteiger partial charge in [-0.05, 0) is 24.1 Å². The molecule has 0 radical (unpaired) electrons. The molecule has 1 aromatic heterocycles. The summed E-state index contributed by atoms with van der Waals surface area (Å²) < 4.78 is 43.1. The average molecular weight is 476 g/mol. The van der Waals surface area contributed by atoms with Crippen LogP contribution in [0.2, 0.25) is 0 Å². The van der Waals surface area contributed by atoms with Crippen molar-refractivity contribution in [1.29, 1.82) is 0 Å². The van der Waals surface area contributed by atoms with Crippen molar-refractivity contribution >= 4 is 0 Å². The Balaban J connectivity index is 1.55. The number of halogens is 3. The molecule has 0 unspecified atom stereocenters. The summed E-state index contributed by atoms with van der Waals surface area (Å²) in [4.78, 5) is 20.5. The molecule has 35 heavy (non-hydrogen) atoms. The lowest BCUT2D eigenvalue weighted by Crippen LogP contribution is -2.40. The topological polar surface area (TPSA) is 38.1 Å². The first kappa shape index (κ1) is 23.1. The summed E-state index contributed by atoms with van der Waals surface area (Å²) in [5.74, 6) is -3.27. The Morgan fingerprint density at radius 3 is 2.14 bits per heavy atom. The minimum Gasteiger partial charge on any atom is -0.294 e. The third-order valence-corrected chi connectivity index (χ3v) is 6.52. The van der Waals surface area contributed by atoms with Gasteiger partial charge < -0.3 is 0 Å². The predicted octanol–water partition coefficient (Wildman–Crippen LogP) is 5.17. The highest BCUT2D eigenvalue weighted by Gasteiger charge is 2.27. The zero-order chi connectivity index (χ0) is 24.5. The summed E-state index contributed by atoms with van der Waals surface area (Å²) in [5, 5.41) is 0. The molecule has 0 atom stereocenters. The summed E-state index contributed by atoms with van der Waals surface area (Å²) in [6.07, 6.45) is 0.513. The monoisotopic (exact) mass is 475 g/mol. The molecule has 2 heterocycles. The molecule has 0 saturated heterocycles. The maximum absolute atomic E-state index is 14.3. The minimum absolute atomic E-state index is 0.0548. The van der Waals surface area contributed by atoms with Crippen molar-refractivity contribution in [3.63, 3.8) is 0 Å². The lowest BCUT2D eigenvalue weighted by atomic mass is 9.97. The summed E-state index contributed by atoms with van der Waals surface area (Å²) in [6, 6.07) is 21.4. The van der Waals surface area contributed by atoms with Crippen LogP contribution in [0.5, 0.6) is 0 Å². The lowest BCUT2D eigenvalue weighted by molar-refractivity contribution is 0.235.